The summed E-state index contributed by atoms with van der Waals surface area (Å²) in [6.45, 7) is -0.210. The molecule has 132 valence electrons. The molecule has 0 bridgehead atoms. The highest BCUT2D eigenvalue weighted by atomic mass is 32.2. The van der Waals surface area contributed by atoms with Gasteiger partial charge >= 0.3 is 6.03 Å². The second kappa shape index (κ2) is 6.37. The van der Waals surface area contributed by atoms with Gasteiger partial charge in [-0.25, -0.2) is 4.79 Å². The van der Waals surface area contributed by atoms with Crippen LogP contribution in [0.4, 0.5) is 4.79 Å². The van der Waals surface area contributed by atoms with E-state index >= 15 is 0 Å². The largest absolute Gasteiger partial charge is 0.348 e. The Morgan fingerprint density at radius 1 is 1.28 bits per heavy atom. The average Bonchev–Trinajstić information content (AvgIpc) is 3.16. The maximum atomic E-state index is 12.6. The first kappa shape index (κ1) is 16.4. The molecule has 0 radical (unpaired) electrons. The molecule has 3 aliphatic rings. The lowest BCUT2D eigenvalue weighted by Crippen LogP contribution is -2.45. The van der Waals surface area contributed by atoms with E-state index < -0.39 is 11.6 Å². The summed E-state index contributed by atoms with van der Waals surface area (Å²) in [7, 11) is 0. The maximum absolute atomic E-state index is 12.6. The van der Waals surface area contributed by atoms with Gasteiger partial charge in [0.2, 0.25) is 5.91 Å². The molecule has 1 spiro atoms. The van der Waals surface area contributed by atoms with Gasteiger partial charge in [-0.1, -0.05) is 31.0 Å². The average molecular weight is 359 g/mol. The van der Waals surface area contributed by atoms with Crippen LogP contribution in [-0.2, 0) is 9.59 Å². The number of imide groups is 1. The molecule has 4 amide bonds. The van der Waals surface area contributed by atoms with Gasteiger partial charge in [0.1, 0.15) is 12.1 Å². The minimum absolute atomic E-state index is 0.0637. The van der Waals surface area contributed by atoms with Gasteiger partial charge in [0, 0.05) is 10.6 Å². The van der Waals surface area contributed by atoms with Crippen LogP contribution in [0.2, 0.25) is 0 Å². The van der Waals surface area contributed by atoms with E-state index in [2.05, 4.69) is 16.7 Å². The van der Waals surface area contributed by atoms with E-state index in [1.54, 1.807) is 11.8 Å². The predicted octanol–water partition coefficient (Wildman–Crippen LogP) is 2.20. The van der Waals surface area contributed by atoms with E-state index in [1.165, 1.54) is 4.90 Å². The molecule has 2 aliphatic heterocycles. The molecule has 1 saturated heterocycles. The lowest BCUT2D eigenvalue weighted by molar-refractivity contribution is -0.135. The number of amides is 4. The van der Waals surface area contributed by atoms with E-state index in [0.717, 1.165) is 35.5 Å². The monoisotopic (exact) mass is 359 g/mol. The van der Waals surface area contributed by atoms with Crippen LogP contribution in [0.5, 0.6) is 0 Å². The molecule has 2 fully saturated rings. The lowest BCUT2D eigenvalue weighted by Gasteiger charge is -2.26. The molecule has 7 heteroatoms. The van der Waals surface area contributed by atoms with Crippen LogP contribution < -0.4 is 10.6 Å². The number of fused-ring (bicyclic) bond motifs is 1. The molecular weight excluding hydrogens is 338 g/mol. The van der Waals surface area contributed by atoms with Crippen molar-refractivity contribution in [2.75, 3.05) is 12.3 Å². The van der Waals surface area contributed by atoms with Crippen molar-refractivity contribution in [2.24, 2.45) is 0 Å². The molecule has 1 saturated carbocycles. The zero-order valence-electron chi connectivity index (χ0n) is 13.9. The van der Waals surface area contributed by atoms with Gasteiger partial charge in [-0.05, 0) is 30.9 Å². The second-order valence-corrected chi connectivity index (χ2v) is 8.04. The minimum Gasteiger partial charge on any atom is -0.348 e. The molecule has 1 aromatic carbocycles. The standard InChI is InChI=1S/C18H21N3O3S/c22-15(19-13-7-10-25-14-6-2-1-5-12(13)14)11-21-16(23)18(20-17(21)24)8-3-4-9-18/h1-2,5-6,13H,3-4,7-11H2,(H,19,22)(H,20,24)/t13-/m1/s1. The third-order valence-corrected chi connectivity index (χ3v) is 6.42. The topological polar surface area (TPSA) is 78.5 Å². The zero-order valence-corrected chi connectivity index (χ0v) is 14.7. The fourth-order valence-corrected chi connectivity index (χ4v) is 5.14. The number of hydrogen-bond acceptors (Lipinski definition) is 4. The smallest absolute Gasteiger partial charge is 0.325 e. The molecule has 2 N–H and O–H groups in total. The minimum atomic E-state index is -0.758. The summed E-state index contributed by atoms with van der Waals surface area (Å²) in [5.74, 6) is 0.406. The van der Waals surface area contributed by atoms with E-state index in [1.807, 2.05) is 18.2 Å². The first-order valence-electron chi connectivity index (χ1n) is 8.74. The molecule has 0 unspecified atom stereocenters. The third kappa shape index (κ3) is 2.90. The maximum Gasteiger partial charge on any atom is 0.325 e. The molecular formula is C18H21N3O3S. The summed E-state index contributed by atoms with van der Waals surface area (Å²) in [5.41, 5.74) is 0.349. The van der Waals surface area contributed by atoms with Crippen LogP contribution in [0.25, 0.3) is 0 Å². The normalized spacial score (nSPS) is 24.3. The summed E-state index contributed by atoms with van der Waals surface area (Å²) in [6.07, 6.45) is 4.05. The van der Waals surface area contributed by atoms with Crippen molar-refractivity contribution < 1.29 is 14.4 Å². The Labute approximate surface area is 150 Å². The van der Waals surface area contributed by atoms with Gasteiger partial charge in [0.25, 0.3) is 5.91 Å². The Morgan fingerprint density at radius 2 is 2.04 bits per heavy atom. The van der Waals surface area contributed by atoms with Crippen molar-refractivity contribution in [1.29, 1.82) is 0 Å². The van der Waals surface area contributed by atoms with Crippen molar-refractivity contribution in [3.05, 3.63) is 29.8 Å². The highest BCUT2D eigenvalue weighted by Crippen LogP contribution is 2.36. The Hall–Kier alpha value is -2.02. The molecule has 2 heterocycles. The number of urea groups is 1. The van der Waals surface area contributed by atoms with Crippen LogP contribution in [-0.4, -0.2) is 40.6 Å². The molecule has 1 atom stereocenters. The van der Waals surface area contributed by atoms with Crippen molar-refractivity contribution in [3.63, 3.8) is 0 Å². The van der Waals surface area contributed by atoms with E-state index in [9.17, 15) is 14.4 Å². The van der Waals surface area contributed by atoms with Crippen molar-refractivity contribution in [1.82, 2.24) is 15.5 Å². The fourth-order valence-electron chi connectivity index (χ4n) is 4.01. The third-order valence-electron chi connectivity index (χ3n) is 5.30. The number of benzene rings is 1. The van der Waals surface area contributed by atoms with E-state index in [-0.39, 0.29) is 24.4 Å². The second-order valence-electron chi connectivity index (χ2n) is 6.91. The van der Waals surface area contributed by atoms with Gasteiger partial charge < -0.3 is 10.6 Å². The van der Waals surface area contributed by atoms with Crippen LogP contribution in [0.1, 0.15) is 43.7 Å². The number of nitrogens with zero attached hydrogens (tertiary/aromatic N) is 1. The number of carbonyl (C=O) groups excluding carboxylic acids is 3. The van der Waals surface area contributed by atoms with Gasteiger partial charge in [0.15, 0.2) is 0 Å². The van der Waals surface area contributed by atoms with Crippen LogP contribution in [0, 0.1) is 0 Å². The van der Waals surface area contributed by atoms with Crippen molar-refractivity contribution >= 4 is 29.6 Å². The molecule has 1 aromatic rings. The zero-order chi connectivity index (χ0) is 17.4. The van der Waals surface area contributed by atoms with Gasteiger partial charge in [-0.3, -0.25) is 14.5 Å². The Balaban J connectivity index is 1.43. The molecule has 0 aromatic heterocycles. The number of rotatable bonds is 3. The quantitative estimate of drug-likeness (QED) is 0.811. The molecule has 25 heavy (non-hydrogen) atoms. The SMILES string of the molecule is O=C(CN1C(=O)NC2(CCCC2)C1=O)N[C@@H]1CCSc2ccccc21. The van der Waals surface area contributed by atoms with Crippen LogP contribution in [0.15, 0.2) is 29.2 Å². The van der Waals surface area contributed by atoms with Crippen LogP contribution >= 0.6 is 11.8 Å². The summed E-state index contributed by atoms with van der Waals surface area (Å²) < 4.78 is 0. The van der Waals surface area contributed by atoms with E-state index in [0.29, 0.717) is 12.8 Å². The van der Waals surface area contributed by atoms with Crippen molar-refractivity contribution in [2.45, 2.75) is 48.6 Å². The van der Waals surface area contributed by atoms with Crippen molar-refractivity contribution in [3.8, 4) is 0 Å². The summed E-state index contributed by atoms with van der Waals surface area (Å²) >= 11 is 1.79. The van der Waals surface area contributed by atoms with Crippen LogP contribution in [0.3, 0.4) is 0 Å². The first-order valence-corrected chi connectivity index (χ1v) is 9.73. The number of carbonyl (C=O) groups is 3. The molecule has 4 rings (SSSR count). The van der Waals surface area contributed by atoms with Gasteiger partial charge in [0.05, 0.1) is 6.04 Å². The Bertz CT molecular complexity index is 730. The highest BCUT2D eigenvalue weighted by Gasteiger charge is 2.52. The lowest BCUT2D eigenvalue weighted by atomic mass is 9.98. The fraction of sp³-hybridized carbons (Fsp3) is 0.500. The Morgan fingerprint density at radius 3 is 2.84 bits per heavy atom. The summed E-state index contributed by atoms with van der Waals surface area (Å²) in [6, 6.07) is 7.52. The predicted molar refractivity (Wildman–Crippen MR) is 94.1 cm³/mol. The number of nitrogens with one attached hydrogen (secondary N) is 2. The molecule has 1 aliphatic carbocycles. The number of hydrogen-bond donors (Lipinski definition) is 2. The first-order chi connectivity index (χ1) is 12.1. The Kier molecular flexibility index (Phi) is 4.19. The number of thioether (sulfide) groups is 1. The van der Waals surface area contributed by atoms with Gasteiger partial charge in [-0.15, -0.1) is 11.8 Å². The van der Waals surface area contributed by atoms with E-state index in [4.69, 9.17) is 0 Å². The highest BCUT2D eigenvalue weighted by molar-refractivity contribution is 7.99. The summed E-state index contributed by atoms with van der Waals surface area (Å²) in [5, 5.41) is 5.80. The molecule has 6 nitrogen and oxygen atoms in total. The van der Waals surface area contributed by atoms with Gasteiger partial charge in [-0.2, -0.15) is 0 Å². The summed E-state index contributed by atoms with van der Waals surface area (Å²) in [4.78, 5) is 39.5.